The molecule has 0 bridgehead atoms. The molecule has 6 nitrogen and oxygen atoms in total. The predicted octanol–water partition coefficient (Wildman–Crippen LogP) is 4.07. The van der Waals surface area contributed by atoms with Crippen molar-refractivity contribution in [3.8, 4) is 0 Å². The van der Waals surface area contributed by atoms with Crippen LogP contribution < -0.4 is 10.9 Å². The van der Waals surface area contributed by atoms with E-state index in [0.717, 1.165) is 18.4 Å². The molecule has 29 heavy (non-hydrogen) atoms. The highest BCUT2D eigenvalue weighted by Crippen LogP contribution is 2.33. The van der Waals surface area contributed by atoms with Gasteiger partial charge in [-0.2, -0.15) is 0 Å². The zero-order chi connectivity index (χ0) is 21.1. The Hall–Kier alpha value is -2.19. The second-order valence-corrected chi connectivity index (χ2v) is 9.25. The van der Waals surface area contributed by atoms with E-state index in [9.17, 15) is 9.59 Å². The number of rotatable bonds is 7. The minimum absolute atomic E-state index is 0.142. The average Bonchev–Trinajstić information content (AvgIpc) is 2.94. The van der Waals surface area contributed by atoms with Crippen LogP contribution in [0.4, 0.5) is 5.82 Å². The maximum atomic E-state index is 13.2. The minimum Gasteiger partial charge on any atom is -0.369 e. The minimum atomic E-state index is -0.205. The van der Waals surface area contributed by atoms with Gasteiger partial charge in [0.2, 0.25) is 0 Å². The molecule has 0 aliphatic carbocycles. The lowest BCUT2D eigenvalue weighted by Crippen LogP contribution is -2.29. The number of thiocarbonyl (C=S) groups is 1. The summed E-state index contributed by atoms with van der Waals surface area (Å²) in [7, 11) is 0. The van der Waals surface area contributed by atoms with Gasteiger partial charge in [0.1, 0.15) is 15.8 Å². The molecule has 1 aliphatic heterocycles. The van der Waals surface area contributed by atoms with Crippen LogP contribution in [-0.4, -0.2) is 37.6 Å². The molecular weight excluding hydrogens is 404 g/mol. The van der Waals surface area contributed by atoms with Crippen LogP contribution >= 0.6 is 24.0 Å². The van der Waals surface area contributed by atoms with Gasteiger partial charge in [-0.1, -0.05) is 57.2 Å². The van der Waals surface area contributed by atoms with E-state index in [1.54, 1.807) is 17.2 Å². The number of carbonyl (C=O) groups excluding carboxylic acids is 1. The summed E-state index contributed by atoms with van der Waals surface area (Å²) in [6.45, 7) is 9.45. The zero-order valence-corrected chi connectivity index (χ0v) is 18.8. The Bertz CT molecular complexity index is 1040. The second-order valence-electron chi connectivity index (χ2n) is 7.58. The molecule has 1 N–H and O–H groups in total. The predicted molar refractivity (Wildman–Crippen MR) is 124 cm³/mol. The summed E-state index contributed by atoms with van der Waals surface area (Å²) >= 11 is 6.62. The molecule has 1 saturated heterocycles. The molecule has 2 aromatic rings. The van der Waals surface area contributed by atoms with Crippen molar-refractivity contribution in [1.82, 2.24) is 14.3 Å². The number of unbranched alkanes of at least 4 members (excludes halogenated alkanes) is 1. The number of pyridine rings is 1. The first-order valence-corrected chi connectivity index (χ1v) is 11.1. The highest BCUT2D eigenvalue weighted by atomic mass is 32.2. The summed E-state index contributed by atoms with van der Waals surface area (Å²) in [6, 6.07) is 3.75. The van der Waals surface area contributed by atoms with Gasteiger partial charge in [0.15, 0.2) is 0 Å². The molecule has 0 aromatic carbocycles. The normalized spacial score (nSPS) is 15.9. The lowest BCUT2D eigenvalue weighted by Gasteiger charge is -2.14. The third kappa shape index (κ3) is 4.70. The van der Waals surface area contributed by atoms with Crippen molar-refractivity contribution in [2.45, 2.75) is 40.5 Å². The van der Waals surface area contributed by atoms with Gasteiger partial charge in [0, 0.05) is 19.3 Å². The zero-order valence-electron chi connectivity index (χ0n) is 17.2. The van der Waals surface area contributed by atoms with Gasteiger partial charge in [-0.25, -0.2) is 4.98 Å². The number of hydrogen-bond donors (Lipinski definition) is 1. The van der Waals surface area contributed by atoms with Crippen LogP contribution in [0.2, 0.25) is 0 Å². The smallest absolute Gasteiger partial charge is 0.267 e. The van der Waals surface area contributed by atoms with Crippen molar-refractivity contribution >= 4 is 51.7 Å². The van der Waals surface area contributed by atoms with Gasteiger partial charge < -0.3 is 5.32 Å². The fourth-order valence-electron chi connectivity index (χ4n) is 2.96. The summed E-state index contributed by atoms with van der Waals surface area (Å²) in [5.74, 6) is 0.733. The molecule has 3 heterocycles. The van der Waals surface area contributed by atoms with E-state index in [1.807, 2.05) is 19.1 Å². The third-order valence-electron chi connectivity index (χ3n) is 4.57. The number of carbonyl (C=O) groups is 1. The van der Waals surface area contributed by atoms with Gasteiger partial charge in [0.25, 0.3) is 11.5 Å². The van der Waals surface area contributed by atoms with E-state index >= 15 is 0 Å². The largest absolute Gasteiger partial charge is 0.369 e. The van der Waals surface area contributed by atoms with Crippen LogP contribution in [0, 0.1) is 12.8 Å². The number of aromatic nitrogens is 2. The molecule has 8 heteroatoms. The first-order valence-electron chi connectivity index (χ1n) is 9.84. The summed E-state index contributed by atoms with van der Waals surface area (Å²) in [5.41, 5.74) is 1.70. The molecule has 154 valence electrons. The fraction of sp³-hybridized carbons (Fsp3) is 0.429. The summed E-state index contributed by atoms with van der Waals surface area (Å²) in [6.07, 6.45) is 5.27. The molecule has 1 aliphatic rings. The summed E-state index contributed by atoms with van der Waals surface area (Å²) in [4.78, 5) is 32.8. The first-order chi connectivity index (χ1) is 13.8. The maximum absolute atomic E-state index is 13.2. The average molecular weight is 431 g/mol. The molecule has 0 spiro atoms. The van der Waals surface area contributed by atoms with Gasteiger partial charge in [-0.3, -0.25) is 18.9 Å². The number of fused-ring (bicyclic) bond motifs is 1. The van der Waals surface area contributed by atoms with Crippen molar-refractivity contribution in [2.75, 3.05) is 18.4 Å². The van der Waals surface area contributed by atoms with Gasteiger partial charge in [-0.15, -0.1) is 0 Å². The molecule has 0 unspecified atom stereocenters. The number of anilines is 1. The van der Waals surface area contributed by atoms with Crippen molar-refractivity contribution in [1.29, 1.82) is 0 Å². The molecule has 2 aromatic heterocycles. The van der Waals surface area contributed by atoms with Crippen molar-refractivity contribution in [3.05, 3.63) is 44.7 Å². The Morgan fingerprint density at radius 3 is 2.76 bits per heavy atom. The van der Waals surface area contributed by atoms with E-state index < -0.39 is 0 Å². The van der Waals surface area contributed by atoms with Crippen LogP contribution in [0.25, 0.3) is 11.7 Å². The molecule has 1 amide bonds. The van der Waals surface area contributed by atoms with E-state index in [2.05, 4.69) is 31.1 Å². The summed E-state index contributed by atoms with van der Waals surface area (Å²) < 4.78 is 2.07. The third-order valence-corrected chi connectivity index (χ3v) is 5.95. The van der Waals surface area contributed by atoms with Crippen molar-refractivity contribution in [2.24, 2.45) is 5.92 Å². The van der Waals surface area contributed by atoms with Crippen LogP contribution in [0.5, 0.6) is 0 Å². The van der Waals surface area contributed by atoms with E-state index in [0.29, 0.717) is 45.3 Å². The highest BCUT2D eigenvalue weighted by Gasteiger charge is 2.32. The van der Waals surface area contributed by atoms with E-state index in [-0.39, 0.29) is 11.5 Å². The summed E-state index contributed by atoms with van der Waals surface area (Å²) in [5, 5.41) is 3.27. The maximum Gasteiger partial charge on any atom is 0.267 e. The van der Waals surface area contributed by atoms with Crippen LogP contribution in [0.3, 0.4) is 0 Å². The van der Waals surface area contributed by atoms with E-state index in [4.69, 9.17) is 12.2 Å². The molecular formula is C21H26N4O2S2. The van der Waals surface area contributed by atoms with Crippen molar-refractivity contribution in [3.63, 3.8) is 0 Å². The number of nitrogens with one attached hydrogen (secondary N) is 1. The topological polar surface area (TPSA) is 66.7 Å². The Morgan fingerprint density at radius 1 is 1.31 bits per heavy atom. The van der Waals surface area contributed by atoms with Gasteiger partial charge in [0.05, 0.1) is 10.5 Å². The van der Waals surface area contributed by atoms with Crippen LogP contribution in [0.15, 0.2) is 28.0 Å². The molecule has 1 fully saturated rings. The standard InChI is InChI=1S/C21H26N4O2S2/c1-5-6-9-24-20(27)16(29-21(24)28)10-15-18(22-11-13(2)3)23-17-8-7-14(4)12-25(17)19(15)26/h7-8,10,12-13,22H,5-6,9,11H2,1-4H3. The monoisotopic (exact) mass is 430 g/mol. The molecule has 0 radical (unpaired) electrons. The fourth-order valence-corrected chi connectivity index (χ4v) is 4.25. The Morgan fingerprint density at radius 2 is 2.07 bits per heavy atom. The number of hydrogen-bond acceptors (Lipinski definition) is 6. The number of aryl methyl sites for hydroxylation is 1. The van der Waals surface area contributed by atoms with Gasteiger partial charge in [-0.05, 0) is 37.0 Å². The Kier molecular flexibility index (Phi) is 6.74. The molecule has 0 atom stereocenters. The van der Waals surface area contributed by atoms with Crippen LogP contribution in [0.1, 0.15) is 44.7 Å². The van der Waals surface area contributed by atoms with Gasteiger partial charge >= 0.3 is 0 Å². The Balaban J connectivity index is 2.09. The van der Waals surface area contributed by atoms with Crippen LogP contribution in [-0.2, 0) is 4.79 Å². The van der Waals surface area contributed by atoms with E-state index in [1.165, 1.54) is 16.2 Å². The molecule has 0 saturated carbocycles. The quantitative estimate of drug-likeness (QED) is 0.528. The lowest BCUT2D eigenvalue weighted by molar-refractivity contribution is -0.122. The number of thioether (sulfide) groups is 1. The second kappa shape index (κ2) is 9.09. The van der Waals surface area contributed by atoms with Crippen molar-refractivity contribution < 1.29 is 4.79 Å². The SMILES string of the molecule is CCCCN1C(=O)C(=Cc2c(NCC(C)C)nc3ccc(C)cn3c2=O)SC1=S. The Labute approximate surface area is 180 Å². The first kappa shape index (κ1) is 21.5. The molecule has 3 rings (SSSR count). The highest BCUT2D eigenvalue weighted by molar-refractivity contribution is 8.26. The lowest BCUT2D eigenvalue weighted by atomic mass is 10.2. The number of amides is 1. The number of nitrogens with zero attached hydrogens (tertiary/aromatic N) is 3.